The van der Waals surface area contributed by atoms with Crippen molar-refractivity contribution < 1.29 is 42.2 Å². The SMILES string of the molecule is CN1C(=O)C2CC=C3C(CC4C(=O)N(Nc5ncc(C(F)(F)F)cc5Cl)C(=O)C4(c4ccc(Cl)cc4)C3c3ccc(OCc4ccccc4)cc3O)C2C1=O. The number of benzene rings is 3. The van der Waals surface area contributed by atoms with E-state index in [-0.39, 0.29) is 42.5 Å². The Kier molecular flexibility index (Phi) is 8.92. The molecule has 10 nitrogen and oxygen atoms in total. The predicted molar refractivity (Wildman–Crippen MR) is 194 cm³/mol. The number of phenolic OH excluding ortho intramolecular Hbond substituents is 1. The average Bonchev–Trinajstić information content (AvgIpc) is 3.51. The molecule has 15 heteroatoms. The van der Waals surface area contributed by atoms with Gasteiger partial charge in [-0.05, 0) is 54.2 Å². The highest BCUT2D eigenvalue weighted by Gasteiger charge is 2.70. The van der Waals surface area contributed by atoms with Crippen LogP contribution in [0.5, 0.6) is 11.5 Å². The number of imide groups is 2. The van der Waals surface area contributed by atoms with Gasteiger partial charge in [-0.1, -0.05) is 83.4 Å². The van der Waals surface area contributed by atoms with Crippen LogP contribution in [0.1, 0.15) is 41.0 Å². The van der Waals surface area contributed by atoms with Crippen LogP contribution < -0.4 is 10.2 Å². The number of hydrogen-bond acceptors (Lipinski definition) is 8. The highest BCUT2D eigenvalue weighted by Crippen LogP contribution is 2.65. The zero-order valence-corrected chi connectivity index (χ0v) is 30.4. The molecule has 0 spiro atoms. The van der Waals surface area contributed by atoms with Crippen LogP contribution in [0.3, 0.4) is 0 Å². The van der Waals surface area contributed by atoms with Crippen molar-refractivity contribution >= 4 is 52.6 Å². The second-order valence-electron chi connectivity index (χ2n) is 14.1. The maximum absolute atomic E-state index is 15.3. The predicted octanol–water partition coefficient (Wildman–Crippen LogP) is 7.31. The molecule has 4 aromatic rings. The standard InChI is InChI=1S/C40H31Cl2F3N4O6/c1-48-35(51)27-14-13-25-28(32(27)37(48)53)17-29-36(52)49(47-34-30(42)15-22(18-46-34)40(43,44)45)38(54)39(29,21-7-9-23(41)10-8-21)33(25)26-12-11-24(16-31(26)50)55-19-20-5-3-2-4-6-20/h2-13,15-16,18,27-29,32-33,50H,14,17,19H2,1H3,(H,46,47). The van der Waals surface area contributed by atoms with Gasteiger partial charge in [-0.3, -0.25) is 29.5 Å². The maximum Gasteiger partial charge on any atom is 0.417 e. The lowest BCUT2D eigenvalue weighted by molar-refractivity contribution is -0.140. The fraction of sp³-hybridized carbons (Fsp3) is 0.275. The first-order valence-electron chi connectivity index (χ1n) is 17.4. The van der Waals surface area contributed by atoms with E-state index >= 15 is 4.79 Å². The zero-order chi connectivity index (χ0) is 39.0. The molecule has 2 aliphatic heterocycles. The summed E-state index contributed by atoms with van der Waals surface area (Å²) in [4.78, 5) is 61.9. The van der Waals surface area contributed by atoms with Gasteiger partial charge in [0.25, 0.3) is 11.8 Å². The van der Waals surface area contributed by atoms with Crippen LogP contribution in [0.2, 0.25) is 10.0 Å². The van der Waals surface area contributed by atoms with Crippen molar-refractivity contribution in [3.63, 3.8) is 0 Å². The minimum Gasteiger partial charge on any atom is -0.508 e. The number of hydrogen-bond donors (Lipinski definition) is 2. The number of hydrazine groups is 1. The quantitative estimate of drug-likeness (QED) is 0.147. The Morgan fingerprint density at radius 1 is 0.945 bits per heavy atom. The molecule has 6 atom stereocenters. The van der Waals surface area contributed by atoms with E-state index in [4.69, 9.17) is 27.9 Å². The largest absolute Gasteiger partial charge is 0.508 e. The Morgan fingerprint density at radius 3 is 2.35 bits per heavy atom. The summed E-state index contributed by atoms with van der Waals surface area (Å²) >= 11 is 12.6. The van der Waals surface area contributed by atoms with Crippen LogP contribution in [0.15, 0.2) is 96.7 Å². The third-order valence-corrected chi connectivity index (χ3v) is 11.9. The average molecular weight is 792 g/mol. The number of anilines is 1. The molecule has 3 fully saturated rings. The number of alkyl halides is 3. The zero-order valence-electron chi connectivity index (χ0n) is 28.9. The van der Waals surface area contributed by atoms with Gasteiger partial charge in [-0.15, -0.1) is 0 Å². The van der Waals surface area contributed by atoms with Gasteiger partial charge in [0, 0.05) is 35.8 Å². The highest BCUT2D eigenvalue weighted by molar-refractivity contribution is 6.33. The highest BCUT2D eigenvalue weighted by atomic mass is 35.5. The van der Waals surface area contributed by atoms with E-state index in [9.17, 15) is 32.7 Å². The fourth-order valence-electron chi connectivity index (χ4n) is 8.88. The Morgan fingerprint density at radius 2 is 1.67 bits per heavy atom. The molecule has 3 aromatic carbocycles. The Labute approximate surface area is 322 Å². The van der Waals surface area contributed by atoms with Crippen molar-refractivity contribution in [2.24, 2.45) is 23.7 Å². The number of ether oxygens (including phenoxy) is 1. The second kappa shape index (κ2) is 13.4. The van der Waals surface area contributed by atoms with Crippen molar-refractivity contribution in [2.45, 2.75) is 37.0 Å². The molecule has 1 saturated carbocycles. The number of nitrogens with one attached hydrogen (secondary N) is 1. The van der Waals surface area contributed by atoms with Gasteiger partial charge in [-0.25, -0.2) is 4.98 Å². The summed E-state index contributed by atoms with van der Waals surface area (Å²) in [6.07, 6.45) is -2.26. The van der Waals surface area contributed by atoms with E-state index in [2.05, 4.69) is 10.4 Å². The number of allylic oxidation sites excluding steroid dienone is 2. The number of aromatic nitrogens is 1. The molecule has 0 radical (unpaired) electrons. The topological polar surface area (TPSA) is 129 Å². The minimum absolute atomic E-state index is 0.0467. The van der Waals surface area contributed by atoms with Gasteiger partial charge >= 0.3 is 6.18 Å². The third-order valence-electron chi connectivity index (χ3n) is 11.3. The van der Waals surface area contributed by atoms with Gasteiger partial charge in [-0.2, -0.15) is 18.2 Å². The molecule has 0 bridgehead atoms. The molecule has 4 amide bonds. The van der Waals surface area contributed by atoms with Gasteiger partial charge < -0.3 is 9.84 Å². The monoisotopic (exact) mass is 790 g/mol. The Hall–Kier alpha value is -5.40. The van der Waals surface area contributed by atoms with E-state index in [1.165, 1.54) is 13.1 Å². The van der Waals surface area contributed by atoms with Crippen LogP contribution in [0.4, 0.5) is 19.0 Å². The first-order chi connectivity index (χ1) is 26.2. The molecule has 6 unspecified atom stereocenters. The van der Waals surface area contributed by atoms with Crippen LogP contribution >= 0.6 is 23.2 Å². The number of aromatic hydroxyl groups is 1. The van der Waals surface area contributed by atoms with Gasteiger partial charge in [0.1, 0.15) is 18.1 Å². The lowest BCUT2D eigenvalue weighted by Gasteiger charge is -2.50. The normalized spacial score (nSPS) is 26.1. The number of carbonyl (C=O) groups is 4. The molecule has 2 N–H and O–H groups in total. The molecule has 1 aromatic heterocycles. The Balaban J connectivity index is 1.29. The van der Waals surface area contributed by atoms with Crippen molar-refractivity contribution in [3.05, 3.63) is 129 Å². The molecular weight excluding hydrogens is 760 g/mol. The smallest absolute Gasteiger partial charge is 0.417 e. The summed E-state index contributed by atoms with van der Waals surface area (Å²) in [5.41, 5.74) is 1.75. The fourth-order valence-corrected chi connectivity index (χ4v) is 9.22. The number of fused-ring (bicyclic) bond motifs is 4. The molecule has 4 aliphatic rings. The first-order valence-corrected chi connectivity index (χ1v) is 18.1. The number of nitrogens with zero attached hydrogens (tertiary/aromatic N) is 3. The van der Waals surface area contributed by atoms with Crippen LogP contribution in [-0.2, 0) is 37.4 Å². The summed E-state index contributed by atoms with van der Waals surface area (Å²) in [5, 5.41) is 12.4. The molecule has 2 aliphatic carbocycles. The molecule has 3 heterocycles. The minimum atomic E-state index is -4.76. The summed E-state index contributed by atoms with van der Waals surface area (Å²) < 4.78 is 46.4. The number of halogens is 5. The van der Waals surface area contributed by atoms with Gasteiger partial charge in [0.05, 0.1) is 33.8 Å². The molecule has 282 valence electrons. The number of phenols is 1. The van der Waals surface area contributed by atoms with Gasteiger partial charge in [0.2, 0.25) is 11.8 Å². The number of amides is 4. The van der Waals surface area contributed by atoms with E-state index < -0.39 is 69.5 Å². The lowest BCUT2D eigenvalue weighted by atomic mass is 9.49. The Bertz CT molecular complexity index is 2290. The van der Waals surface area contributed by atoms with Crippen LogP contribution in [0.25, 0.3) is 0 Å². The van der Waals surface area contributed by atoms with Crippen LogP contribution in [0, 0.1) is 23.7 Å². The second-order valence-corrected chi connectivity index (χ2v) is 15.0. The van der Waals surface area contributed by atoms with E-state index in [1.807, 2.05) is 36.4 Å². The number of rotatable bonds is 7. The molecule has 55 heavy (non-hydrogen) atoms. The number of pyridine rings is 1. The van der Waals surface area contributed by atoms with E-state index in [0.29, 0.717) is 39.2 Å². The summed E-state index contributed by atoms with van der Waals surface area (Å²) in [7, 11) is 1.41. The van der Waals surface area contributed by atoms with Crippen LogP contribution in [-0.4, -0.2) is 50.7 Å². The molecule has 8 rings (SSSR count). The molecular formula is C40H31Cl2F3N4O6. The molecule has 2 saturated heterocycles. The first kappa shape index (κ1) is 36.6. The van der Waals surface area contributed by atoms with Crippen molar-refractivity contribution in [1.82, 2.24) is 14.9 Å². The van der Waals surface area contributed by atoms with E-state index in [0.717, 1.165) is 10.5 Å². The van der Waals surface area contributed by atoms with Crippen molar-refractivity contribution in [3.8, 4) is 11.5 Å². The maximum atomic E-state index is 15.3. The summed E-state index contributed by atoms with van der Waals surface area (Å²) in [6, 6.07) is 21.0. The number of carbonyl (C=O) groups excluding carboxylic acids is 4. The number of likely N-dealkylation sites (tertiary alicyclic amines) is 1. The van der Waals surface area contributed by atoms with Crippen molar-refractivity contribution in [1.29, 1.82) is 0 Å². The lowest BCUT2D eigenvalue weighted by Crippen LogP contribution is -2.53. The van der Waals surface area contributed by atoms with Crippen molar-refractivity contribution in [2.75, 3.05) is 12.5 Å². The summed E-state index contributed by atoms with van der Waals surface area (Å²) in [6.45, 7) is 0.202. The summed E-state index contributed by atoms with van der Waals surface area (Å²) in [5.74, 6) is -7.16. The van der Waals surface area contributed by atoms with Gasteiger partial charge in [0.15, 0.2) is 5.82 Å². The van der Waals surface area contributed by atoms with E-state index in [1.54, 1.807) is 36.4 Å². The third kappa shape index (κ3) is 5.83.